The lowest BCUT2D eigenvalue weighted by Crippen LogP contribution is -2.17. The van der Waals surface area contributed by atoms with Crippen LogP contribution in [0, 0.1) is 5.92 Å². The van der Waals surface area contributed by atoms with E-state index >= 15 is 0 Å². The van der Waals surface area contributed by atoms with Crippen LogP contribution in [-0.2, 0) is 4.79 Å². The Bertz CT molecular complexity index is 173. The number of nitrogens with one attached hydrogen (secondary N) is 1. The molecule has 1 amide bonds. The summed E-state index contributed by atoms with van der Waals surface area (Å²) in [5.41, 5.74) is 3.46. The Kier molecular flexibility index (Phi) is 5.34. The van der Waals surface area contributed by atoms with Crippen LogP contribution in [0.25, 0.3) is 0 Å². The summed E-state index contributed by atoms with van der Waals surface area (Å²) in [7, 11) is 0. The standard InChI is InChI=1S/C9H18N2O/c1-5-9(12)11-10-8(4)6-7(2)3/h7H,5-6H2,1-4H3,(H,11,12)/b10-8-. The van der Waals surface area contributed by atoms with Gasteiger partial charge in [0.25, 0.3) is 0 Å². The van der Waals surface area contributed by atoms with Crippen molar-refractivity contribution in [3.05, 3.63) is 0 Å². The van der Waals surface area contributed by atoms with E-state index in [1.54, 1.807) is 0 Å². The molecular formula is C9H18N2O. The highest BCUT2D eigenvalue weighted by atomic mass is 16.2. The molecule has 0 aromatic heterocycles. The molecule has 0 aromatic carbocycles. The summed E-state index contributed by atoms with van der Waals surface area (Å²) in [6.45, 7) is 7.99. The molecule has 0 fully saturated rings. The van der Waals surface area contributed by atoms with E-state index in [1.165, 1.54) is 0 Å². The second-order valence-corrected chi connectivity index (χ2v) is 3.33. The molecule has 0 spiro atoms. The van der Waals surface area contributed by atoms with Crippen LogP contribution < -0.4 is 5.43 Å². The molecule has 0 radical (unpaired) electrons. The normalized spacial score (nSPS) is 11.9. The SMILES string of the molecule is CCC(=O)N/N=C(/C)CC(C)C. The molecular weight excluding hydrogens is 152 g/mol. The summed E-state index contributed by atoms with van der Waals surface area (Å²) >= 11 is 0. The molecule has 0 aliphatic carbocycles. The monoisotopic (exact) mass is 170 g/mol. The van der Waals surface area contributed by atoms with Crippen molar-refractivity contribution in [1.29, 1.82) is 0 Å². The maximum Gasteiger partial charge on any atom is 0.239 e. The highest BCUT2D eigenvalue weighted by Gasteiger charge is 1.98. The van der Waals surface area contributed by atoms with Gasteiger partial charge in [0.15, 0.2) is 0 Å². The van der Waals surface area contributed by atoms with E-state index < -0.39 is 0 Å². The van der Waals surface area contributed by atoms with E-state index in [1.807, 2.05) is 13.8 Å². The number of carbonyl (C=O) groups excluding carboxylic acids is 1. The molecule has 0 aliphatic heterocycles. The number of hydrogen-bond donors (Lipinski definition) is 1. The van der Waals surface area contributed by atoms with Gasteiger partial charge in [0, 0.05) is 12.1 Å². The number of hydrazone groups is 1. The second-order valence-electron chi connectivity index (χ2n) is 3.33. The third-order valence-corrected chi connectivity index (χ3v) is 1.40. The van der Waals surface area contributed by atoms with Crippen molar-refractivity contribution in [2.45, 2.75) is 40.5 Å². The van der Waals surface area contributed by atoms with Crippen LogP contribution in [0.4, 0.5) is 0 Å². The van der Waals surface area contributed by atoms with E-state index in [0.717, 1.165) is 12.1 Å². The van der Waals surface area contributed by atoms with Gasteiger partial charge >= 0.3 is 0 Å². The Labute approximate surface area is 74.2 Å². The summed E-state index contributed by atoms with van der Waals surface area (Å²) < 4.78 is 0. The Morgan fingerprint density at radius 1 is 1.50 bits per heavy atom. The lowest BCUT2D eigenvalue weighted by Gasteiger charge is -2.03. The maximum absolute atomic E-state index is 10.8. The fourth-order valence-electron chi connectivity index (χ4n) is 0.873. The van der Waals surface area contributed by atoms with Crippen LogP contribution in [0.1, 0.15) is 40.5 Å². The largest absolute Gasteiger partial charge is 0.273 e. The molecule has 0 bridgehead atoms. The first-order chi connectivity index (χ1) is 5.56. The fourth-order valence-corrected chi connectivity index (χ4v) is 0.873. The molecule has 0 saturated heterocycles. The van der Waals surface area contributed by atoms with Gasteiger partial charge in [-0.05, 0) is 19.3 Å². The zero-order valence-corrected chi connectivity index (χ0v) is 8.35. The third-order valence-electron chi connectivity index (χ3n) is 1.40. The number of nitrogens with zero attached hydrogens (tertiary/aromatic N) is 1. The number of carbonyl (C=O) groups is 1. The van der Waals surface area contributed by atoms with Gasteiger partial charge in [0.05, 0.1) is 0 Å². The fraction of sp³-hybridized carbons (Fsp3) is 0.778. The predicted octanol–water partition coefficient (Wildman–Crippen LogP) is 1.93. The van der Waals surface area contributed by atoms with E-state index in [4.69, 9.17) is 0 Å². The molecule has 0 heterocycles. The molecule has 0 saturated carbocycles. The van der Waals surface area contributed by atoms with Crippen LogP contribution in [0.3, 0.4) is 0 Å². The lowest BCUT2D eigenvalue weighted by molar-refractivity contribution is -0.120. The van der Waals surface area contributed by atoms with Crippen LogP contribution in [0.15, 0.2) is 5.10 Å². The first-order valence-corrected chi connectivity index (χ1v) is 4.38. The van der Waals surface area contributed by atoms with Crippen molar-refractivity contribution in [1.82, 2.24) is 5.43 Å². The Morgan fingerprint density at radius 3 is 2.50 bits per heavy atom. The molecule has 0 unspecified atom stereocenters. The summed E-state index contributed by atoms with van der Waals surface area (Å²) in [6, 6.07) is 0. The van der Waals surface area contributed by atoms with Gasteiger partial charge in [0.1, 0.15) is 0 Å². The van der Waals surface area contributed by atoms with E-state index in [2.05, 4.69) is 24.4 Å². The highest BCUT2D eigenvalue weighted by molar-refractivity contribution is 5.84. The van der Waals surface area contributed by atoms with Crippen LogP contribution in [-0.4, -0.2) is 11.6 Å². The van der Waals surface area contributed by atoms with Gasteiger partial charge in [-0.3, -0.25) is 4.79 Å². The summed E-state index contributed by atoms with van der Waals surface area (Å²) in [6.07, 6.45) is 1.42. The molecule has 0 aliphatic rings. The molecule has 12 heavy (non-hydrogen) atoms. The summed E-state index contributed by atoms with van der Waals surface area (Å²) in [5.74, 6) is 0.561. The minimum atomic E-state index is -0.0295. The Balaban J connectivity index is 3.76. The van der Waals surface area contributed by atoms with Gasteiger partial charge in [-0.2, -0.15) is 5.10 Å². The Morgan fingerprint density at radius 2 is 2.08 bits per heavy atom. The maximum atomic E-state index is 10.8. The molecule has 0 rings (SSSR count). The smallest absolute Gasteiger partial charge is 0.239 e. The van der Waals surface area contributed by atoms with Gasteiger partial charge in [0.2, 0.25) is 5.91 Å². The molecule has 3 nitrogen and oxygen atoms in total. The molecule has 1 N–H and O–H groups in total. The zero-order valence-electron chi connectivity index (χ0n) is 8.35. The van der Waals surface area contributed by atoms with Gasteiger partial charge < -0.3 is 0 Å². The van der Waals surface area contributed by atoms with Gasteiger partial charge in [-0.1, -0.05) is 20.8 Å². The molecule has 70 valence electrons. The minimum absolute atomic E-state index is 0.0295. The van der Waals surface area contributed by atoms with Crippen LogP contribution in [0.2, 0.25) is 0 Å². The first kappa shape index (κ1) is 11.1. The predicted molar refractivity (Wildman–Crippen MR) is 51.0 cm³/mol. The molecule has 0 atom stereocenters. The van der Waals surface area contributed by atoms with Crippen molar-refractivity contribution in [2.24, 2.45) is 11.0 Å². The van der Waals surface area contributed by atoms with E-state index in [9.17, 15) is 4.79 Å². The minimum Gasteiger partial charge on any atom is -0.273 e. The van der Waals surface area contributed by atoms with Crippen molar-refractivity contribution in [3.8, 4) is 0 Å². The highest BCUT2D eigenvalue weighted by Crippen LogP contribution is 2.00. The number of amides is 1. The van der Waals surface area contributed by atoms with Gasteiger partial charge in [-0.15, -0.1) is 0 Å². The van der Waals surface area contributed by atoms with Crippen molar-refractivity contribution < 1.29 is 4.79 Å². The first-order valence-electron chi connectivity index (χ1n) is 4.38. The van der Waals surface area contributed by atoms with Crippen molar-refractivity contribution >= 4 is 11.6 Å². The van der Waals surface area contributed by atoms with Crippen molar-refractivity contribution in [2.75, 3.05) is 0 Å². The summed E-state index contributed by atoms with van der Waals surface area (Å²) in [5, 5.41) is 3.95. The average Bonchev–Trinajstić information content (AvgIpc) is 1.99. The molecule has 0 aromatic rings. The average molecular weight is 170 g/mol. The molecule has 3 heteroatoms. The Hall–Kier alpha value is -0.860. The van der Waals surface area contributed by atoms with Gasteiger partial charge in [-0.25, -0.2) is 5.43 Å². The lowest BCUT2D eigenvalue weighted by atomic mass is 10.1. The second kappa shape index (κ2) is 5.75. The zero-order chi connectivity index (χ0) is 9.56. The summed E-state index contributed by atoms with van der Waals surface area (Å²) in [4.78, 5) is 10.8. The quantitative estimate of drug-likeness (QED) is 0.508. The number of hydrogen-bond acceptors (Lipinski definition) is 2. The van der Waals surface area contributed by atoms with E-state index in [-0.39, 0.29) is 5.91 Å². The third kappa shape index (κ3) is 5.89. The van der Waals surface area contributed by atoms with E-state index in [0.29, 0.717) is 12.3 Å². The van der Waals surface area contributed by atoms with Crippen LogP contribution >= 0.6 is 0 Å². The topological polar surface area (TPSA) is 41.5 Å². The van der Waals surface area contributed by atoms with Crippen LogP contribution in [0.5, 0.6) is 0 Å². The van der Waals surface area contributed by atoms with Crippen molar-refractivity contribution in [3.63, 3.8) is 0 Å². The number of rotatable bonds is 4.